The van der Waals surface area contributed by atoms with Crippen molar-refractivity contribution in [3.8, 4) is 11.8 Å². The highest BCUT2D eigenvalue weighted by Gasteiger charge is 2.59. The van der Waals surface area contributed by atoms with Crippen molar-refractivity contribution in [2.45, 2.75) is 151 Å². The summed E-state index contributed by atoms with van der Waals surface area (Å²) in [6.45, 7) is 22.0. The van der Waals surface area contributed by atoms with Gasteiger partial charge in [0.1, 0.15) is 0 Å². The van der Waals surface area contributed by atoms with Crippen LogP contribution in [0.15, 0.2) is 60.7 Å². The topological polar surface area (TPSA) is 134 Å². The fourth-order valence-electron chi connectivity index (χ4n) is 11.0. The van der Waals surface area contributed by atoms with Gasteiger partial charge in [-0.3, -0.25) is 14.1 Å². The van der Waals surface area contributed by atoms with Crippen LogP contribution in [0, 0.1) is 61.7 Å². The maximum atomic E-state index is 17.4. The number of nitrogens with one attached hydrogen (secondary N) is 1. The van der Waals surface area contributed by atoms with E-state index < -0.39 is 82.4 Å². The lowest BCUT2D eigenvalue weighted by molar-refractivity contribution is -0.890. The molecule has 418 valence electrons. The number of amides is 1. The summed E-state index contributed by atoms with van der Waals surface area (Å²) in [6.07, 6.45) is 3.08. The summed E-state index contributed by atoms with van der Waals surface area (Å²) < 4.78 is 106. The van der Waals surface area contributed by atoms with Crippen LogP contribution >= 0.6 is 35.7 Å². The predicted molar refractivity (Wildman–Crippen MR) is 304 cm³/mol. The van der Waals surface area contributed by atoms with Gasteiger partial charge in [-0.2, -0.15) is 22.5 Å². The van der Waals surface area contributed by atoms with Crippen LogP contribution in [-0.2, 0) is 14.9 Å². The number of halogens is 4. The second-order valence-electron chi connectivity index (χ2n) is 22.7. The normalized spacial score (nSPS) is 15.5. The third-order valence-corrected chi connectivity index (χ3v) is 21.0. The molecule has 0 spiro atoms. The molecule has 17 heteroatoms. The molecule has 0 bridgehead atoms. The Balaban J connectivity index is 2.19. The molecule has 0 saturated carbocycles. The van der Waals surface area contributed by atoms with E-state index >= 15 is 22.4 Å². The van der Waals surface area contributed by atoms with Gasteiger partial charge in [0, 0.05) is 41.0 Å². The van der Waals surface area contributed by atoms with Gasteiger partial charge in [-0.25, -0.2) is 8.78 Å². The molecule has 4 atom stereocenters. The average Bonchev–Trinajstić information content (AvgIpc) is 3.36. The van der Waals surface area contributed by atoms with Gasteiger partial charge in [0.05, 0.1) is 60.6 Å². The molecule has 0 fully saturated rings. The van der Waals surface area contributed by atoms with Gasteiger partial charge in [0.25, 0.3) is 10.1 Å². The number of quaternary nitrogens is 1. The van der Waals surface area contributed by atoms with Crippen LogP contribution < -0.4 is 10.1 Å². The van der Waals surface area contributed by atoms with E-state index in [0.717, 1.165) is 17.3 Å². The van der Waals surface area contributed by atoms with Gasteiger partial charge in [-0.1, -0.05) is 133 Å². The molecule has 0 radical (unpaired) electrons. The number of thioether (sulfide) groups is 2. The van der Waals surface area contributed by atoms with E-state index in [1.54, 1.807) is 44.2 Å². The lowest BCUT2D eigenvalue weighted by Gasteiger charge is -2.57. The average molecular weight is 1120 g/mol. The Morgan fingerprint density at radius 3 is 1.81 bits per heavy atom. The number of benzene rings is 3. The highest BCUT2D eigenvalue weighted by Crippen LogP contribution is 2.64. The maximum absolute atomic E-state index is 17.4. The maximum Gasteiger partial charge on any atom is 0.265 e. The van der Waals surface area contributed by atoms with Crippen molar-refractivity contribution in [1.29, 1.82) is 5.26 Å². The molecule has 3 rings (SSSR count). The molecule has 75 heavy (non-hydrogen) atoms. The lowest BCUT2D eigenvalue weighted by Crippen LogP contribution is -2.57. The van der Waals surface area contributed by atoms with Crippen molar-refractivity contribution >= 4 is 61.1 Å². The van der Waals surface area contributed by atoms with Crippen molar-refractivity contribution in [3.63, 3.8) is 0 Å². The van der Waals surface area contributed by atoms with Crippen molar-refractivity contribution in [2.75, 3.05) is 51.8 Å². The van der Waals surface area contributed by atoms with E-state index in [2.05, 4.69) is 11.4 Å². The number of unbranched alkanes of at least 4 members (excludes halogenated alkanes) is 1. The minimum absolute atomic E-state index is 0.0281. The smallest absolute Gasteiger partial charge is 0.265 e. The zero-order valence-corrected chi connectivity index (χ0v) is 50.0. The fourth-order valence-corrected chi connectivity index (χ4v) is 14.2. The zero-order valence-electron chi connectivity index (χ0n) is 46.7. The Morgan fingerprint density at radius 1 is 0.787 bits per heavy atom. The lowest BCUT2D eigenvalue weighted by atomic mass is 9.48. The van der Waals surface area contributed by atoms with E-state index in [1.165, 1.54) is 11.8 Å². The van der Waals surface area contributed by atoms with Crippen LogP contribution in [0.3, 0.4) is 0 Å². The van der Waals surface area contributed by atoms with E-state index in [1.807, 2.05) is 107 Å². The predicted octanol–water partition coefficient (Wildman–Crippen LogP) is 14.8. The van der Waals surface area contributed by atoms with Gasteiger partial charge < -0.3 is 14.5 Å². The van der Waals surface area contributed by atoms with Crippen LogP contribution in [0.4, 0.5) is 17.6 Å². The largest absolute Gasteiger partial charge is 0.487 e. The molecule has 4 unspecified atom stereocenters. The van der Waals surface area contributed by atoms with E-state index in [9.17, 15) is 23.0 Å². The standard InChI is InChI=1S/C58H83F4N3O6S4/c1-14-55(9,53(5,6)39-56(10,57(11,15-2)74-51(72)42-30-22-19-23-31-42)52(67)64-32-26-33-65(12,13)34-27-37-75(68,69)70)43(38-58(16-3,17-4)54(7,8)40-63)44-45(59)47(61)49(48(62)46(44)60)71-35-24-25-36-73-50(66)41-28-20-18-21-29-41/h18-23,28-31,43H,14-17,24-27,32-39H2,1-13H3,(H-,64,67,68,69,70)/p+1. The third kappa shape index (κ3) is 16.1. The SMILES string of the molecule is CCC(CC)(CC(c1c(F)c(F)c(OCCCCSC(=O)c2ccccc2)c(F)c1F)C(C)(CC)C(C)(C)CC(C)(C(=O)NCCC[N+](C)(C)CCCS(=O)(=O)O)C(C)(CC)SC(=S)c1ccccc1)C(C)(C)C#N. The first kappa shape index (κ1) is 65.8. The highest BCUT2D eigenvalue weighted by atomic mass is 32.2. The Bertz CT molecular complexity index is 2530. The zero-order chi connectivity index (χ0) is 56.8. The van der Waals surface area contributed by atoms with Crippen molar-refractivity contribution in [3.05, 3.63) is 101 Å². The van der Waals surface area contributed by atoms with Crippen LogP contribution in [0.25, 0.3) is 0 Å². The first-order valence-electron chi connectivity index (χ1n) is 26.3. The molecule has 0 aliphatic carbocycles. The molecule has 0 aromatic heterocycles. The summed E-state index contributed by atoms with van der Waals surface area (Å²) in [5, 5.41) is 13.8. The summed E-state index contributed by atoms with van der Waals surface area (Å²) >= 11 is 8.58. The van der Waals surface area contributed by atoms with Gasteiger partial charge in [0.15, 0.2) is 17.4 Å². The van der Waals surface area contributed by atoms with Crippen molar-refractivity contribution in [2.24, 2.45) is 27.1 Å². The first-order chi connectivity index (χ1) is 34.8. The van der Waals surface area contributed by atoms with Crippen LogP contribution in [-0.4, -0.2) is 89.3 Å². The Morgan fingerprint density at radius 2 is 1.32 bits per heavy atom. The molecule has 0 saturated heterocycles. The summed E-state index contributed by atoms with van der Waals surface area (Å²) in [5.41, 5.74) is -4.95. The molecule has 1 amide bonds. The quantitative estimate of drug-likeness (QED) is 0.0160. The summed E-state index contributed by atoms with van der Waals surface area (Å²) in [4.78, 5) is 27.9. The van der Waals surface area contributed by atoms with Crippen LogP contribution in [0.2, 0.25) is 0 Å². The molecular weight excluding hydrogens is 1040 g/mol. The van der Waals surface area contributed by atoms with Gasteiger partial charge in [-0.15, -0.1) is 11.8 Å². The summed E-state index contributed by atoms with van der Waals surface area (Å²) in [7, 11) is -0.214. The van der Waals surface area contributed by atoms with Crippen LogP contribution in [0.1, 0.15) is 168 Å². The second-order valence-corrected chi connectivity index (χ2v) is 27.5. The van der Waals surface area contributed by atoms with Crippen molar-refractivity contribution in [1.82, 2.24) is 5.32 Å². The number of thiocarbonyl (C=S) groups is 1. The molecule has 9 nitrogen and oxygen atoms in total. The Kier molecular flexibility index (Phi) is 24.0. The Hall–Kier alpha value is -3.53. The minimum atomic E-state index is -4.11. The number of hydrogen-bond acceptors (Lipinski definition) is 9. The Labute approximate surface area is 460 Å². The monoisotopic (exact) mass is 1120 g/mol. The summed E-state index contributed by atoms with van der Waals surface area (Å²) in [5.74, 6) is -9.13. The molecule has 2 N–H and O–H groups in total. The number of ether oxygens (including phenoxy) is 1. The molecule has 0 heterocycles. The second kappa shape index (κ2) is 27.4. The number of nitrogens with zero attached hydrogens (tertiary/aromatic N) is 2. The molecule has 0 aliphatic rings. The van der Waals surface area contributed by atoms with E-state index in [4.69, 9.17) is 17.0 Å². The number of nitriles is 1. The van der Waals surface area contributed by atoms with E-state index in [-0.39, 0.29) is 62.0 Å². The number of carbonyl (C=O) groups is 2. The van der Waals surface area contributed by atoms with Gasteiger partial charge in [-0.05, 0) is 107 Å². The molecule has 3 aromatic carbocycles. The van der Waals surface area contributed by atoms with Gasteiger partial charge >= 0.3 is 0 Å². The van der Waals surface area contributed by atoms with Gasteiger partial charge in [0.2, 0.25) is 22.7 Å². The van der Waals surface area contributed by atoms with Crippen molar-refractivity contribution < 1.29 is 49.3 Å². The number of rotatable bonds is 31. The summed E-state index contributed by atoms with van der Waals surface area (Å²) in [6, 6.07) is 20.7. The van der Waals surface area contributed by atoms with E-state index in [0.29, 0.717) is 65.2 Å². The highest BCUT2D eigenvalue weighted by molar-refractivity contribution is 8.24. The molecule has 3 aromatic rings. The first-order valence-corrected chi connectivity index (χ1v) is 30.1. The third-order valence-electron chi connectivity index (χ3n) is 17.1. The molecule has 0 aliphatic heterocycles. The minimum Gasteiger partial charge on any atom is -0.487 e. The fraction of sp³-hybridized carbons (Fsp3) is 0.621. The number of hydrogen-bond donors (Lipinski definition) is 2. The number of carbonyl (C=O) groups excluding carboxylic acids is 2. The molecular formula is C58H84F4N3O6S4+. The van der Waals surface area contributed by atoms with Crippen LogP contribution in [0.5, 0.6) is 5.75 Å².